The lowest BCUT2D eigenvalue weighted by Crippen LogP contribution is -2.30. The number of hydrogen-bond acceptors (Lipinski definition) is 2. The minimum atomic E-state index is -0.575. The fourth-order valence-electron chi connectivity index (χ4n) is 0.809. The lowest BCUT2D eigenvalue weighted by Gasteiger charge is -2.14. The van der Waals surface area contributed by atoms with Gasteiger partial charge in [-0.2, -0.15) is 0 Å². The maximum absolute atomic E-state index is 12.1. The van der Waals surface area contributed by atoms with E-state index in [0.717, 1.165) is 19.4 Å². The number of nitrogens with one attached hydrogen (secondary N) is 1. The minimum Gasteiger partial charge on any atom is -0.388 e. The highest BCUT2D eigenvalue weighted by Gasteiger charge is 2.08. The summed E-state index contributed by atoms with van der Waals surface area (Å²) >= 11 is 0. The zero-order valence-electron chi connectivity index (χ0n) is 6.69. The molecular formula is C7H16FNO. The quantitative estimate of drug-likeness (QED) is 0.554. The van der Waals surface area contributed by atoms with Crippen LogP contribution in [0.2, 0.25) is 0 Å². The Morgan fingerprint density at radius 1 is 1.50 bits per heavy atom. The first-order valence-corrected chi connectivity index (χ1v) is 3.56. The molecule has 0 spiro atoms. The molecular weight excluding hydrogens is 133 g/mol. The fraction of sp³-hybridized carbons (Fsp3) is 1.00. The van der Waals surface area contributed by atoms with E-state index in [9.17, 15) is 4.39 Å². The number of hydrogen-bond donors (Lipinski definition) is 1. The lowest BCUT2D eigenvalue weighted by molar-refractivity contribution is 0.266. The normalized spacial score (nSPS) is 24.9. The zero-order chi connectivity index (χ0) is 7.82. The second-order valence-electron chi connectivity index (χ2n) is 2.35. The van der Waals surface area contributed by atoms with Crippen LogP contribution in [0.25, 0.3) is 0 Å². The second-order valence-corrected chi connectivity index (χ2v) is 2.35. The predicted octanol–water partition coefficient (Wildman–Crippen LogP) is 0.971. The van der Waals surface area contributed by atoms with Gasteiger partial charge in [-0.1, -0.05) is 0 Å². The van der Waals surface area contributed by atoms with E-state index in [4.69, 9.17) is 0 Å². The Kier molecular flexibility index (Phi) is 6.86. The van der Waals surface area contributed by atoms with E-state index in [0.29, 0.717) is 6.54 Å². The molecule has 1 aliphatic rings. The van der Waals surface area contributed by atoms with Crippen molar-refractivity contribution in [3.05, 3.63) is 0 Å². The third kappa shape index (κ3) is 5.98. The van der Waals surface area contributed by atoms with Gasteiger partial charge in [0.05, 0.1) is 0 Å². The molecule has 1 N–H and O–H groups in total. The number of rotatable bonds is 0. The minimum absolute atomic E-state index is 0.569. The van der Waals surface area contributed by atoms with Gasteiger partial charge in [-0.05, 0) is 19.4 Å². The fourth-order valence-corrected chi connectivity index (χ4v) is 0.809. The van der Waals surface area contributed by atoms with Crippen LogP contribution in [0.4, 0.5) is 4.39 Å². The average Bonchev–Trinajstić information content (AvgIpc) is 1.91. The molecule has 3 heteroatoms. The molecule has 10 heavy (non-hydrogen) atoms. The molecule has 1 unspecified atom stereocenters. The van der Waals surface area contributed by atoms with E-state index >= 15 is 0 Å². The van der Waals surface area contributed by atoms with E-state index in [1.54, 1.807) is 14.2 Å². The van der Waals surface area contributed by atoms with Crippen LogP contribution >= 0.6 is 0 Å². The summed E-state index contributed by atoms with van der Waals surface area (Å²) in [7, 11) is 3.25. The molecule has 1 saturated heterocycles. The van der Waals surface area contributed by atoms with Gasteiger partial charge in [-0.3, -0.25) is 0 Å². The Morgan fingerprint density at radius 3 is 2.30 bits per heavy atom. The van der Waals surface area contributed by atoms with E-state index in [2.05, 4.69) is 10.1 Å². The molecule has 0 saturated carbocycles. The van der Waals surface area contributed by atoms with E-state index in [1.165, 1.54) is 0 Å². The van der Waals surface area contributed by atoms with Crippen LogP contribution in [-0.2, 0) is 4.74 Å². The highest BCUT2D eigenvalue weighted by Crippen LogP contribution is 2.03. The van der Waals surface area contributed by atoms with Gasteiger partial charge in [0, 0.05) is 20.8 Å². The molecule has 0 amide bonds. The third-order valence-electron chi connectivity index (χ3n) is 1.24. The zero-order valence-corrected chi connectivity index (χ0v) is 6.69. The molecule has 0 aromatic rings. The maximum Gasteiger partial charge on any atom is 0.113 e. The van der Waals surface area contributed by atoms with Crippen molar-refractivity contribution in [2.45, 2.75) is 19.0 Å². The molecule has 0 radical (unpaired) electrons. The summed E-state index contributed by atoms with van der Waals surface area (Å²) in [6.07, 6.45) is 1.18. The number of halogens is 1. The topological polar surface area (TPSA) is 21.3 Å². The summed E-state index contributed by atoms with van der Waals surface area (Å²) in [5, 5.41) is 2.96. The molecule has 1 rings (SSSR count). The van der Waals surface area contributed by atoms with E-state index in [-0.39, 0.29) is 0 Å². The Balaban J connectivity index is 0.000000236. The van der Waals surface area contributed by atoms with Crippen LogP contribution < -0.4 is 5.32 Å². The van der Waals surface area contributed by atoms with Crippen LogP contribution in [0.3, 0.4) is 0 Å². The van der Waals surface area contributed by atoms with Crippen molar-refractivity contribution in [3.63, 3.8) is 0 Å². The smallest absolute Gasteiger partial charge is 0.113 e. The summed E-state index contributed by atoms with van der Waals surface area (Å²) < 4.78 is 16.4. The summed E-state index contributed by atoms with van der Waals surface area (Å²) in [6.45, 7) is 1.57. The van der Waals surface area contributed by atoms with Gasteiger partial charge < -0.3 is 10.1 Å². The van der Waals surface area contributed by atoms with Crippen LogP contribution in [0.15, 0.2) is 0 Å². The Bertz CT molecular complexity index is 64.6. The monoisotopic (exact) mass is 149 g/mol. The van der Waals surface area contributed by atoms with Gasteiger partial charge in [0.2, 0.25) is 0 Å². The summed E-state index contributed by atoms with van der Waals surface area (Å²) in [4.78, 5) is 0. The van der Waals surface area contributed by atoms with Crippen molar-refractivity contribution in [1.29, 1.82) is 0 Å². The third-order valence-corrected chi connectivity index (χ3v) is 1.24. The number of alkyl halides is 1. The molecule has 0 aliphatic carbocycles. The Hall–Kier alpha value is -0.150. The molecule has 62 valence electrons. The molecule has 1 fully saturated rings. The maximum atomic E-state index is 12.1. The van der Waals surface area contributed by atoms with Gasteiger partial charge in [-0.25, -0.2) is 4.39 Å². The van der Waals surface area contributed by atoms with Crippen molar-refractivity contribution in [2.75, 3.05) is 27.3 Å². The molecule has 1 atom stereocenters. The Morgan fingerprint density at radius 2 is 2.10 bits per heavy atom. The van der Waals surface area contributed by atoms with Crippen molar-refractivity contribution in [2.24, 2.45) is 0 Å². The van der Waals surface area contributed by atoms with Gasteiger partial charge in [-0.15, -0.1) is 0 Å². The van der Waals surface area contributed by atoms with Crippen molar-refractivity contribution < 1.29 is 9.13 Å². The first-order chi connectivity index (χ1) is 4.81. The van der Waals surface area contributed by atoms with Crippen molar-refractivity contribution in [3.8, 4) is 0 Å². The largest absolute Gasteiger partial charge is 0.388 e. The molecule has 0 aromatic heterocycles. The van der Waals surface area contributed by atoms with Crippen molar-refractivity contribution >= 4 is 0 Å². The van der Waals surface area contributed by atoms with Crippen LogP contribution in [0, 0.1) is 0 Å². The van der Waals surface area contributed by atoms with Gasteiger partial charge in [0.15, 0.2) is 0 Å². The number of methoxy groups -OCH3 is 1. The van der Waals surface area contributed by atoms with Gasteiger partial charge in [0.1, 0.15) is 6.17 Å². The molecule has 0 aromatic carbocycles. The second kappa shape index (κ2) is 6.96. The number of piperidine rings is 1. The molecule has 2 nitrogen and oxygen atoms in total. The van der Waals surface area contributed by atoms with Crippen LogP contribution in [0.5, 0.6) is 0 Å². The summed E-state index contributed by atoms with van der Waals surface area (Å²) in [5.74, 6) is 0. The summed E-state index contributed by atoms with van der Waals surface area (Å²) in [5.41, 5.74) is 0. The highest BCUT2D eigenvalue weighted by atomic mass is 19.1. The van der Waals surface area contributed by atoms with Crippen molar-refractivity contribution in [1.82, 2.24) is 5.32 Å². The molecule has 0 bridgehead atoms. The van der Waals surface area contributed by atoms with Gasteiger partial charge in [0.25, 0.3) is 0 Å². The van der Waals surface area contributed by atoms with Crippen LogP contribution in [0.1, 0.15) is 12.8 Å². The van der Waals surface area contributed by atoms with Gasteiger partial charge >= 0.3 is 0 Å². The molecule has 1 heterocycles. The predicted molar refractivity (Wildman–Crippen MR) is 39.9 cm³/mol. The van der Waals surface area contributed by atoms with E-state index in [1.807, 2.05) is 0 Å². The Labute approximate surface area is 61.8 Å². The standard InChI is InChI=1S/C5H10FN.C2H6O/c6-5-2-1-3-7-4-5;1-3-2/h5,7H,1-4H2;1-2H3. The first-order valence-electron chi connectivity index (χ1n) is 3.56. The number of ether oxygens (including phenoxy) is 1. The summed E-state index contributed by atoms with van der Waals surface area (Å²) in [6, 6.07) is 0. The lowest BCUT2D eigenvalue weighted by atomic mass is 10.1. The van der Waals surface area contributed by atoms with E-state index < -0.39 is 6.17 Å². The van der Waals surface area contributed by atoms with Crippen LogP contribution in [-0.4, -0.2) is 33.5 Å². The highest BCUT2D eigenvalue weighted by molar-refractivity contribution is 4.66. The average molecular weight is 149 g/mol. The first kappa shape index (κ1) is 9.85. The molecule has 1 aliphatic heterocycles. The SMILES string of the molecule is COC.FC1CCCNC1.